The number of rotatable bonds is 1. The van der Waals surface area contributed by atoms with E-state index in [0.29, 0.717) is 23.2 Å². The van der Waals surface area contributed by atoms with E-state index in [1.165, 1.54) is 57.8 Å². The van der Waals surface area contributed by atoms with E-state index in [9.17, 15) is 4.79 Å². The van der Waals surface area contributed by atoms with Crippen LogP contribution in [0.5, 0.6) is 0 Å². The molecule has 0 aromatic carbocycles. The van der Waals surface area contributed by atoms with Crippen molar-refractivity contribution >= 4 is 5.97 Å². The second kappa shape index (κ2) is 7.78. The van der Waals surface area contributed by atoms with Crippen LogP contribution in [-0.4, -0.2) is 12.1 Å². The summed E-state index contributed by atoms with van der Waals surface area (Å²) in [6.07, 6.45) is 15.2. The summed E-state index contributed by atoms with van der Waals surface area (Å²) in [5.41, 5.74) is 7.29. The van der Waals surface area contributed by atoms with Crippen LogP contribution in [0.25, 0.3) is 0 Å². The van der Waals surface area contributed by atoms with Crippen molar-refractivity contribution in [3.8, 4) is 0 Å². The maximum atomic E-state index is 14.2. The predicted octanol–water partition coefficient (Wildman–Crippen LogP) is 9.05. The number of carbonyl (C=O) groups excluding carboxylic acids is 1. The molecule has 1 spiro atoms. The molecule has 7 rings (SSSR count). The van der Waals surface area contributed by atoms with Crippen molar-refractivity contribution < 1.29 is 9.53 Å². The molecule has 2 nitrogen and oxygen atoms in total. The lowest BCUT2D eigenvalue weighted by atomic mass is 9.48. The Morgan fingerprint density at radius 3 is 2.49 bits per heavy atom. The minimum Gasteiger partial charge on any atom is -0.462 e. The van der Waals surface area contributed by atoms with Gasteiger partial charge in [-0.15, -0.1) is 0 Å². The third-order valence-corrected chi connectivity index (χ3v) is 14.3. The van der Waals surface area contributed by atoms with Gasteiger partial charge in [-0.25, -0.2) is 0 Å². The van der Waals surface area contributed by atoms with Gasteiger partial charge >= 0.3 is 5.97 Å². The van der Waals surface area contributed by atoms with Crippen LogP contribution in [0.1, 0.15) is 126 Å². The molecular weight excluding hydrogens is 452 g/mol. The van der Waals surface area contributed by atoms with E-state index in [-0.39, 0.29) is 28.3 Å². The summed E-state index contributed by atoms with van der Waals surface area (Å²) in [6.45, 7) is 17.5. The van der Waals surface area contributed by atoms with Crippen LogP contribution in [0, 0.1) is 57.2 Å². The summed E-state index contributed by atoms with van der Waals surface area (Å²) < 4.78 is 6.51. The third kappa shape index (κ3) is 3.03. The SMILES string of the molecule is CC1=C2C[C@@H]3[C@H](C[C@]2(C)CCC1)OC(=O)[C@]31C[C@@H]2C[C@@]1(C)C1=C2[C@@H](C)CC[C@H]2[C@@H](C(C)C)CC[C@]2(C)C1. The van der Waals surface area contributed by atoms with E-state index in [0.717, 1.165) is 37.0 Å². The molecule has 204 valence electrons. The van der Waals surface area contributed by atoms with Crippen molar-refractivity contribution in [2.75, 3.05) is 0 Å². The summed E-state index contributed by atoms with van der Waals surface area (Å²) in [6, 6.07) is 0. The largest absolute Gasteiger partial charge is 0.462 e. The first-order valence-electron chi connectivity index (χ1n) is 16.1. The Morgan fingerprint density at radius 1 is 0.946 bits per heavy atom. The second-order valence-electron chi connectivity index (χ2n) is 16.3. The molecule has 0 aromatic rings. The molecule has 0 amide bonds. The molecule has 1 heterocycles. The molecule has 1 aliphatic heterocycles. The van der Waals surface area contributed by atoms with Crippen molar-refractivity contribution in [3.05, 3.63) is 22.3 Å². The van der Waals surface area contributed by atoms with E-state index in [1.54, 1.807) is 16.7 Å². The molecule has 6 aliphatic carbocycles. The maximum absolute atomic E-state index is 14.2. The number of hydrogen-bond acceptors (Lipinski definition) is 2. The van der Waals surface area contributed by atoms with Gasteiger partial charge in [0.25, 0.3) is 0 Å². The van der Waals surface area contributed by atoms with Gasteiger partial charge in [0.05, 0.1) is 5.41 Å². The fourth-order valence-electron chi connectivity index (χ4n) is 12.5. The maximum Gasteiger partial charge on any atom is 0.313 e. The Balaban J connectivity index is 1.31. The van der Waals surface area contributed by atoms with Crippen LogP contribution in [0.15, 0.2) is 22.3 Å². The van der Waals surface area contributed by atoms with Crippen LogP contribution in [0.2, 0.25) is 0 Å². The highest BCUT2D eigenvalue weighted by molar-refractivity contribution is 5.83. The third-order valence-electron chi connectivity index (χ3n) is 14.3. The average molecular weight is 505 g/mol. The van der Waals surface area contributed by atoms with Crippen molar-refractivity contribution in [1.82, 2.24) is 0 Å². The molecule has 37 heavy (non-hydrogen) atoms. The molecule has 4 fully saturated rings. The molecule has 2 heteroatoms. The van der Waals surface area contributed by atoms with Crippen LogP contribution in [0.4, 0.5) is 0 Å². The van der Waals surface area contributed by atoms with E-state index in [4.69, 9.17) is 4.74 Å². The normalized spacial score (nSPS) is 52.7. The highest BCUT2D eigenvalue weighted by Gasteiger charge is 2.75. The molecule has 0 radical (unpaired) electrons. The summed E-state index contributed by atoms with van der Waals surface area (Å²) in [7, 11) is 0. The standard InChI is InChI=1S/C35H52O2/c1-20(2)24-12-14-33(6)18-28-30(22(4)10-11-25(24)33)23-16-34(28,7)35(17-23)27-15-26-21(3)9-8-13-32(26,5)19-29(27)37-31(35)36/h20,22-25,27,29H,8-19H2,1-7H3/t22-,23-,24+,25-,27+,29-,32-,33+,34-,35-/m0/s1. The number of allylic oxidation sites excluding steroid dienone is 4. The molecule has 7 aliphatic rings. The van der Waals surface area contributed by atoms with E-state index < -0.39 is 0 Å². The van der Waals surface area contributed by atoms with Crippen molar-refractivity contribution in [2.24, 2.45) is 57.2 Å². The molecule has 1 saturated heterocycles. The molecule has 0 aromatic heterocycles. The van der Waals surface area contributed by atoms with Gasteiger partial charge in [0.2, 0.25) is 0 Å². The Kier molecular flexibility index (Phi) is 5.25. The summed E-state index contributed by atoms with van der Waals surface area (Å²) in [4.78, 5) is 14.2. The van der Waals surface area contributed by atoms with Crippen LogP contribution in [-0.2, 0) is 9.53 Å². The van der Waals surface area contributed by atoms with Gasteiger partial charge in [0.15, 0.2) is 0 Å². The fraction of sp³-hybridized carbons (Fsp3) is 0.857. The zero-order chi connectivity index (χ0) is 26.1. The van der Waals surface area contributed by atoms with Crippen molar-refractivity contribution in [1.29, 1.82) is 0 Å². The lowest BCUT2D eigenvalue weighted by Crippen LogP contribution is -2.50. The highest BCUT2D eigenvalue weighted by Crippen LogP contribution is 2.77. The van der Waals surface area contributed by atoms with Gasteiger partial charge in [0.1, 0.15) is 6.10 Å². The number of ether oxygens (including phenoxy) is 1. The molecule has 0 unspecified atom stereocenters. The minimum absolute atomic E-state index is 0.00451. The van der Waals surface area contributed by atoms with Crippen molar-refractivity contribution in [3.63, 3.8) is 0 Å². The Labute approximate surface area is 226 Å². The zero-order valence-corrected chi connectivity index (χ0v) is 24.8. The summed E-state index contributed by atoms with van der Waals surface area (Å²) in [5.74, 6) is 4.38. The lowest BCUT2D eigenvalue weighted by molar-refractivity contribution is -0.153. The molecular formula is C35H52O2. The Morgan fingerprint density at radius 2 is 1.73 bits per heavy atom. The quantitative estimate of drug-likeness (QED) is 0.263. The van der Waals surface area contributed by atoms with Gasteiger partial charge in [0, 0.05) is 11.3 Å². The topological polar surface area (TPSA) is 26.3 Å². The first kappa shape index (κ1) is 25.0. The number of carbonyl (C=O) groups is 1. The molecule has 3 saturated carbocycles. The van der Waals surface area contributed by atoms with Crippen LogP contribution >= 0.6 is 0 Å². The fourth-order valence-corrected chi connectivity index (χ4v) is 12.5. The first-order valence-corrected chi connectivity index (χ1v) is 16.1. The van der Waals surface area contributed by atoms with E-state index >= 15 is 0 Å². The zero-order valence-electron chi connectivity index (χ0n) is 24.8. The molecule has 0 N–H and O–H groups in total. The number of hydrogen-bond donors (Lipinski definition) is 0. The lowest BCUT2D eigenvalue weighted by Gasteiger charge is -2.52. The second-order valence-corrected chi connectivity index (χ2v) is 16.3. The average Bonchev–Trinajstić information content (AvgIpc) is 3.47. The minimum atomic E-state index is -0.284. The summed E-state index contributed by atoms with van der Waals surface area (Å²) >= 11 is 0. The van der Waals surface area contributed by atoms with Gasteiger partial charge in [-0.2, -0.15) is 0 Å². The monoisotopic (exact) mass is 504 g/mol. The van der Waals surface area contributed by atoms with Crippen LogP contribution in [0.3, 0.4) is 0 Å². The number of fused-ring (bicyclic) bond motifs is 9. The predicted molar refractivity (Wildman–Crippen MR) is 150 cm³/mol. The molecule has 2 bridgehead atoms. The number of esters is 1. The van der Waals surface area contributed by atoms with Crippen molar-refractivity contribution in [2.45, 2.75) is 132 Å². The molecule has 10 atom stereocenters. The Bertz CT molecular complexity index is 1090. The van der Waals surface area contributed by atoms with Gasteiger partial charge in [-0.05, 0) is 124 Å². The van der Waals surface area contributed by atoms with Gasteiger partial charge in [-0.3, -0.25) is 4.79 Å². The summed E-state index contributed by atoms with van der Waals surface area (Å²) in [5, 5.41) is 0. The Hall–Kier alpha value is -1.05. The highest BCUT2D eigenvalue weighted by atomic mass is 16.6. The van der Waals surface area contributed by atoms with Gasteiger partial charge < -0.3 is 4.74 Å². The van der Waals surface area contributed by atoms with Crippen LogP contribution < -0.4 is 0 Å². The first-order chi connectivity index (χ1) is 17.4. The van der Waals surface area contributed by atoms with E-state index in [1.807, 2.05) is 5.57 Å². The smallest absolute Gasteiger partial charge is 0.313 e. The van der Waals surface area contributed by atoms with Gasteiger partial charge in [-0.1, -0.05) is 63.8 Å². The van der Waals surface area contributed by atoms with E-state index in [2.05, 4.69) is 48.5 Å².